The highest BCUT2D eigenvalue weighted by Gasteiger charge is 2.20. The molecule has 0 aliphatic carbocycles. The highest BCUT2D eigenvalue weighted by molar-refractivity contribution is 14.1. The summed E-state index contributed by atoms with van der Waals surface area (Å²) in [5, 5.41) is 12.0. The summed E-state index contributed by atoms with van der Waals surface area (Å²) in [6.07, 6.45) is 1.16. The lowest BCUT2D eigenvalue weighted by atomic mass is 10.2. The molecule has 1 heterocycles. The highest BCUT2D eigenvalue weighted by Crippen LogP contribution is 2.22. The molecule has 0 spiro atoms. The molecule has 2 aromatic rings. The molecule has 1 aromatic heterocycles. The van der Waals surface area contributed by atoms with Gasteiger partial charge in [-0.05, 0) is 40.8 Å². The number of benzene rings is 1. The van der Waals surface area contributed by atoms with Crippen LogP contribution in [-0.2, 0) is 0 Å². The van der Waals surface area contributed by atoms with Gasteiger partial charge in [-0.3, -0.25) is 4.79 Å². The lowest BCUT2D eigenvalue weighted by Gasteiger charge is -2.06. The van der Waals surface area contributed by atoms with E-state index >= 15 is 0 Å². The van der Waals surface area contributed by atoms with Gasteiger partial charge >= 0.3 is 5.97 Å². The average Bonchev–Trinajstić information content (AvgIpc) is 2.82. The first kappa shape index (κ1) is 13.8. The number of carboxylic acid groups (broad SMARTS) is 1. The summed E-state index contributed by atoms with van der Waals surface area (Å²) >= 11 is 7.82. The number of aromatic amines is 1. The van der Waals surface area contributed by atoms with Gasteiger partial charge in [-0.2, -0.15) is 0 Å². The molecule has 2 rings (SSSR count). The van der Waals surface area contributed by atoms with E-state index in [2.05, 4.69) is 15.3 Å². The summed E-state index contributed by atoms with van der Waals surface area (Å²) in [6, 6.07) is 4.94. The molecule has 19 heavy (non-hydrogen) atoms. The molecule has 3 N–H and O–H groups in total. The van der Waals surface area contributed by atoms with E-state index in [0.717, 1.165) is 9.90 Å². The number of anilines is 1. The van der Waals surface area contributed by atoms with Gasteiger partial charge in [0, 0.05) is 8.59 Å². The van der Waals surface area contributed by atoms with Crippen molar-refractivity contribution in [3.05, 3.63) is 44.5 Å². The van der Waals surface area contributed by atoms with Gasteiger partial charge < -0.3 is 15.4 Å². The topological polar surface area (TPSA) is 95.1 Å². The standard InChI is InChI=1S/C11H7ClIN3O3/c12-5-1-2-7(6(13)3-5)16-10(17)8-9(11(18)19)15-4-14-8/h1-4H,(H,14,15)(H,16,17)(H,18,19). The molecule has 0 saturated carbocycles. The predicted molar refractivity (Wildman–Crippen MR) is 77.7 cm³/mol. The molecule has 0 fully saturated rings. The lowest BCUT2D eigenvalue weighted by molar-refractivity contribution is 0.0686. The van der Waals surface area contributed by atoms with Crippen molar-refractivity contribution in [2.24, 2.45) is 0 Å². The van der Waals surface area contributed by atoms with E-state index < -0.39 is 11.9 Å². The molecule has 0 atom stereocenters. The number of carbonyl (C=O) groups excluding carboxylic acids is 1. The normalized spacial score (nSPS) is 10.2. The van der Waals surface area contributed by atoms with Gasteiger partial charge in [0.15, 0.2) is 11.4 Å². The molecule has 8 heteroatoms. The Bertz CT molecular complexity index is 656. The van der Waals surface area contributed by atoms with Crippen LogP contribution in [0.1, 0.15) is 21.0 Å². The van der Waals surface area contributed by atoms with E-state index in [9.17, 15) is 9.59 Å². The smallest absolute Gasteiger partial charge is 0.354 e. The summed E-state index contributed by atoms with van der Waals surface area (Å²) in [5.41, 5.74) is 0.120. The minimum atomic E-state index is -1.24. The molecular formula is C11H7ClIN3O3. The van der Waals surface area contributed by atoms with E-state index in [1.54, 1.807) is 18.2 Å². The van der Waals surface area contributed by atoms with Crippen LogP contribution in [0.15, 0.2) is 24.5 Å². The number of carbonyl (C=O) groups is 2. The van der Waals surface area contributed by atoms with Crippen LogP contribution >= 0.6 is 34.2 Å². The number of aromatic nitrogens is 2. The first-order valence-corrected chi connectivity index (χ1v) is 6.48. The van der Waals surface area contributed by atoms with Crippen LogP contribution in [0, 0.1) is 3.57 Å². The number of carboxylic acids is 1. The monoisotopic (exact) mass is 391 g/mol. The van der Waals surface area contributed by atoms with Crippen molar-refractivity contribution in [3.63, 3.8) is 0 Å². The maximum atomic E-state index is 11.9. The number of H-pyrrole nitrogens is 1. The summed E-state index contributed by atoms with van der Waals surface area (Å²) in [7, 11) is 0. The number of hydrogen-bond acceptors (Lipinski definition) is 3. The number of nitrogens with zero attached hydrogens (tertiary/aromatic N) is 1. The number of aromatic carboxylic acids is 1. The predicted octanol–water partition coefficient (Wildman–Crippen LogP) is 2.62. The number of nitrogens with one attached hydrogen (secondary N) is 2. The fourth-order valence-corrected chi connectivity index (χ4v) is 2.41. The minimum Gasteiger partial charge on any atom is -0.477 e. The maximum absolute atomic E-state index is 11.9. The van der Waals surface area contributed by atoms with Crippen molar-refractivity contribution in [1.29, 1.82) is 0 Å². The molecular weight excluding hydrogens is 384 g/mol. The van der Waals surface area contributed by atoms with Crippen molar-refractivity contribution in [2.75, 3.05) is 5.32 Å². The molecule has 6 nitrogen and oxygen atoms in total. The quantitative estimate of drug-likeness (QED) is 0.701. The number of rotatable bonds is 3. The zero-order chi connectivity index (χ0) is 14.0. The van der Waals surface area contributed by atoms with Gasteiger partial charge in [-0.1, -0.05) is 11.6 Å². The van der Waals surface area contributed by atoms with E-state index in [1.165, 1.54) is 0 Å². The van der Waals surface area contributed by atoms with Gasteiger partial charge in [0.25, 0.3) is 5.91 Å². The first-order chi connectivity index (χ1) is 8.99. The van der Waals surface area contributed by atoms with Crippen LogP contribution in [0.5, 0.6) is 0 Å². The largest absolute Gasteiger partial charge is 0.477 e. The SMILES string of the molecule is O=C(Nc1ccc(Cl)cc1I)c1nc[nH]c1C(=O)O. The number of halogens is 2. The Morgan fingerprint density at radius 3 is 2.79 bits per heavy atom. The summed E-state index contributed by atoms with van der Waals surface area (Å²) in [6.45, 7) is 0. The number of amides is 1. The van der Waals surface area contributed by atoms with Crippen LogP contribution in [0.4, 0.5) is 5.69 Å². The third-order valence-corrected chi connectivity index (χ3v) is 3.38. The van der Waals surface area contributed by atoms with Crippen molar-refractivity contribution in [3.8, 4) is 0 Å². The Balaban J connectivity index is 2.26. The van der Waals surface area contributed by atoms with E-state index in [1.807, 2.05) is 22.6 Å². The van der Waals surface area contributed by atoms with Crippen LogP contribution < -0.4 is 5.32 Å². The maximum Gasteiger partial charge on any atom is 0.354 e. The van der Waals surface area contributed by atoms with E-state index in [0.29, 0.717) is 10.7 Å². The Labute approximate surface area is 126 Å². The van der Waals surface area contributed by atoms with Gasteiger partial charge in [-0.15, -0.1) is 0 Å². The third-order valence-electron chi connectivity index (χ3n) is 2.25. The third kappa shape index (κ3) is 3.04. The van der Waals surface area contributed by atoms with E-state index in [-0.39, 0.29) is 11.4 Å². The number of imidazole rings is 1. The minimum absolute atomic E-state index is 0.168. The molecule has 0 saturated heterocycles. The molecule has 1 aromatic carbocycles. The van der Waals surface area contributed by atoms with Crippen molar-refractivity contribution >= 4 is 51.8 Å². The molecule has 98 valence electrons. The van der Waals surface area contributed by atoms with Crippen LogP contribution in [0.3, 0.4) is 0 Å². The van der Waals surface area contributed by atoms with Gasteiger partial charge in [0.2, 0.25) is 0 Å². The molecule has 0 aliphatic rings. The first-order valence-electron chi connectivity index (χ1n) is 5.02. The molecule has 0 unspecified atom stereocenters. The van der Waals surface area contributed by atoms with Gasteiger partial charge in [0.05, 0.1) is 12.0 Å². The van der Waals surface area contributed by atoms with Crippen molar-refractivity contribution < 1.29 is 14.7 Å². The van der Waals surface area contributed by atoms with Crippen molar-refractivity contribution in [2.45, 2.75) is 0 Å². The van der Waals surface area contributed by atoms with Gasteiger partial charge in [0.1, 0.15) is 0 Å². The number of hydrogen-bond donors (Lipinski definition) is 3. The summed E-state index contributed by atoms with van der Waals surface area (Å²) < 4.78 is 0.742. The van der Waals surface area contributed by atoms with Crippen LogP contribution in [-0.4, -0.2) is 27.0 Å². The zero-order valence-corrected chi connectivity index (χ0v) is 12.2. The molecule has 0 aliphatic heterocycles. The average molecular weight is 392 g/mol. The molecule has 1 amide bonds. The second-order valence-electron chi connectivity index (χ2n) is 3.51. The fraction of sp³-hybridized carbons (Fsp3) is 0. The summed E-state index contributed by atoms with van der Waals surface area (Å²) in [4.78, 5) is 28.9. The highest BCUT2D eigenvalue weighted by atomic mass is 127. The Kier molecular flexibility index (Phi) is 4.05. The van der Waals surface area contributed by atoms with Gasteiger partial charge in [-0.25, -0.2) is 9.78 Å². The summed E-state index contributed by atoms with van der Waals surface area (Å²) in [5.74, 6) is -1.84. The zero-order valence-electron chi connectivity index (χ0n) is 9.28. The van der Waals surface area contributed by atoms with Crippen LogP contribution in [0.25, 0.3) is 0 Å². The Morgan fingerprint density at radius 2 is 2.16 bits per heavy atom. The second kappa shape index (κ2) is 5.57. The lowest BCUT2D eigenvalue weighted by Crippen LogP contribution is -2.17. The second-order valence-corrected chi connectivity index (χ2v) is 5.11. The van der Waals surface area contributed by atoms with Crippen LogP contribution in [0.2, 0.25) is 5.02 Å². The fourth-order valence-electron chi connectivity index (χ4n) is 1.40. The van der Waals surface area contributed by atoms with Crippen molar-refractivity contribution in [1.82, 2.24) is 9.97 Å². The Hall–Kier alpha value is -1.61. The molecule has 0 radical (unpaired) electrons. The molecule has 0 bridgehead atoms. The van der Waals surface area contributed by atoms with E-state index in [4.69, 9.17) is 16.7 Å². The Morgan fingerprint density at radius 1 is 1.42 bits per heavy atom.